The van der Waals surface area contributed by atoms with Gasteiger partial charge in [-0.05, 0) is 134 Å². The summed E-state index contributed by atoms with van der Waals surface area (Å²) in [5.74, 6) is 0.221. The largest absolute Gasteiger partial charge is 0.462 e. The second-order valence-corrected chi connectivity index (χ2v) is 12.6. The van der Waals surface area contributed by atoms with Gasteiger partial charge in [0.25, 0.3) is 0 Å². The topological polar surface area (TPSA) is 67.9 Å². The van der Waals surface area contributed by atoms with Gasteiger partial charge in [0, 0.05) is 38.2 Å². The van der Waals surface area contributed by atoms with Gasteiger partial charge in [0.05, 0.1) is 24.3 Å². The van der Waals surface area contributed by atoms with E-state index in [1.165, 1.54) is 57.4 Å². The number of esters is 2. The molecule has 3 aromatic carbocycles. The summed E-state index contributed by atoms with van der Waals surface area (Å²) in [6.45, 7) is 9.79. The Balaban J connectivity index is 0.000000192. The molecule has 7 rings (SSSR count). The van der Waals surface area contributed by atoms with E-state index in [9.17, 15) is 9.59 Å². The second-order valence-electron chi connectivity index (χ2n) is 12.6. The third-order valence-electron chi connectivity index (χ3n) is 9.57. The molecule has 0 bridgehead atoms. The average Bonchev–Trinajstić information content (AvgIpc) is 3.74. The van der Waals surface area contributed by atoms with Gasteiger partial charge in [0.15, 0.2) is 0 Å². The van der Waals surface area contributed by atoms with Gasteiger partial charge in [-0.15, -0.1) is 0 Å². The Hall–Kier alpha value is -3.68. The van der Waals surface area contributed by atoms with Crippen LogP contribution in [0.1, 0.15) is 81.6 Å². The Morgan fingerprint density at radius 3 is 2.04 bits per heavy atom. The van der Waals surface area contributed by atoms with Crippen LogP contribution >= 0.6 is 0 Å². The first kappa shape index (κ1) is 35.6. The first-order valence-corrected chi connectivity index (χ1v) is 17.2. The second kappa shape index (κ2) is 17.1. The number of benzene rings is 3. The van der Waals surface area contributed by atoms with Crippen LogP contribution in [0, 0.1) is 5.92 Å². The summed E-state index contributed by atoms with van der Waals surface area (Å²) in [4.78, 5) is 26.2. The van der Waals surface area contributed by atoms with Crippen LogP contribution in [-0.4, -0.2) is 56.2 Å². The molecule has 1 saturated heterocycles. The molecule has 1 N–H and O–H groups in total. The quantitative estimate of drug-likeness (QED) is 0.250. The number of ether oxygens (including phenoxy) is 2. The smallest absolute Gasteiger partial charge is 0.338 e. The summed E-state index contributed by atoms with van der Waals surface area (Å²) in [6, 6.07) is 22.6. The van der Waals surface area contributed by atoms with Crippen LogP contribution in [0.5, 0.6) is 0 Å². The van der Waals surface area contributed by atoms with Gasteiger partial charge in [-0.2, -0.15) is 0 Å². The maximum atomic E-state index is 12.0. The minimum absolute atomic E-state index is 0. The van der Waals surface area contributed by atoms with Crippen LogP contribution in [0.2, 0.25) is 0 Å². The van der Waals surface area contributed by atoms with E-state index in [1.54, 1.807) is 0 Å². The molecule has 0 atom stereocenters. The van der Waals surface area contributed by atoms with Gasteiger partial charge in [-0.1, -0.05) is 60.7 Å². The SMILES string of the molecule is CCOC(=O)c1ccc2c(c1)CC=C2C1=CCN(Cc2ccccc2)CC1.CCOC(=O)c1ccc2c(c1)CC=C2C1CCNCC1.[V]. The molecule has 0 unspecified atom stereocenters. The summed E-state index contributed by atoms with van der Waals surface area (Å²) >= 11 is 0. The van der Waals surface area contributed by atoms with Crippen molar-refractivity contribution in [3.8, 4) is 0 Å². The van der Waals surface area contributed by atoms with Crippen molar-refractivity contribution in [1.29, 1.82) is 0 Å². The minimum atomic E-state index is -0.234. The van der Waals surface area contributed by atoms with Crippen molar-refractivity contribution in [3.63, 3.8) is 0 Å². The number of nitrogens with one attached hydrogen (secondary N) is 1. The molecule has 2 heterocycles. The fourth-order valence-corrected chi connectivity index (χ4v) is 7.17. The third-order valence-corrected chi connectivity index (χ3v) is 9.57. The molecule has 0 amide bonds. The van der Waals surface area contributed by atoms with Crippen LogP contribution < -0.4 is 5.32 Å². The summed E-state index contributed by atoms with van der Waals surface area (Å²) in [5, 5.41) is 3.41. The molecule has 48 heavy (non-hydrogen) atoms. The van der Waals surface area contributed by atoms with E-state index in [0.717, 1.165) is 52.0 Å². The molecule has 0 spiro atoms. The summed E-state index contributed by atoms with van der Waals surface area (Å²) in [5.41, 5.74) is 12.1. The molecule has 1 radical (unpaired) electrons. The first-order chi connectivity index (χ1) is 23.0. The molecule has 1 fully saturated rings. The van der Waals surface area contributed by atoms with E-state index in [4.69, 9.17) is 9.47 Å². The molecular formula is C41H46N2O4V. The predicted octanol–water partition coefficient (Wildman–Crippen LogP) is 7.44. The Kier molecular flexibility index (Phi) is 12.7. The summed E-state index contributed by atoms with van der Waals surface area (Å²) in [6.07, 6.45) is 12.3. The first-order valence-electron chi connectivity index (χ1n) is 17.2. The van der Waals surface area contributed by atoms with Crippen LogP contribution in [0.25, 0.3) is 11.1 Å². The number of rotatable bonds is 8. The van der Waals surface area contributed by atoms with E-state index < -0.39 is 0 Å². The Bertz CT molecular complexity index is 1690. The van der Waals surface area contributed by atoms with E-state index in [1.807, 2.05) is 38.1 Å². The van der Waals surface area contributed by atoms with E-state index in [2.05, 4.69) is 70.9 Å². The number of nitrogens with zero attached hydrogens (tertiary/aromatic N) is 1. The number of hydrogen-bond acceptors (Lipinski definition) is 6. The van der Waals surface area contributed by atoms with Crippen molar-refractivity contribution in [2.24, 2.45) is 5.92 Å². The van der Waals surface area contributed by atoms with E-state index in [0.29, 0.717) is 30.3 Å². The monoisotopic (exact) mass is 681 g/mol. The van der Waals surface area contributed by atoms with Crippen molar-refractivity contribution in [3.05, 3.63) is 129 Å². The Morgan fingerprint density at radius 1 is 0.792 bits per heavy atom. The van der Waals surface area contributed by atoms with Gasteiger partial charge in [-0.25, -0.2) is 9.59 Å². The number of piperidine rings is 1. The third kappa shape index (κ3) is 8.48. The van der Waals surface area contributed by atoms with Crippen LogP contribution in [-0.2, 0) is 47.4 Å². The van der Waals surface area contributed by atoms with Gasteiger partial charge in [-0.3, -0.25) is 4.90 Å². The molecule has 2 aliphatic heterocycles. The predicted molar refractivity (Wildman–Crippen MR) is 188 cm³/mol. The molecular weight excluding hydrogens is 635 g/mol. The Morgan fingerprint density at radius 2 is 1.42 bits per heavy atom. The van der Waals surface area contributed by atoms with Crippen molar-refractivity contribution >= 4 is 23.1 Å². The van der Waals surface area contributed by atoms with Crippen LogP contribution in [0.15, 0.2) is 90.5 Å². The molecule has 4 aliphatic rings. The molecule has 6 nitrogen and oxygen atoms in total. The average molecular weight is 682 g/mol. The fourth-order valence-electron chi connectivity index (χ4n) is 7.17. The zero-order valence-corrected chi connectivity index (χ0v) is 29.6. The molecule has 0 saturated carbocycles. The van der Waals surface area contributed by atoms with E-state index >= 15 is 0 Å². The van der Waals surface area contributed by atoms with Crippen molar-refractivity contribution in [2.45, 2.75) is 52.5 Å². The molecule has 2 aliphatic carbocycles. The minimum Gasteiger partial charge on any atom is -0.462 e. The van der Waals surface area contributed by atoms with Gasteiger partial charge >= 0.3 is 11.9 Å². The number of hydrogen-bond donors (Lipinski definition) is 1. The Labute approximate surface area is 297 Å². The standard InChI is InChI=1S/C24H25NO2.C17H21NO2.V/c1-2-27-24(26)21-9-11-23-20(16-21)8-10-22(23)19-12-14-25(15-13-19)17-18-6-4-3-5-7-18;1-2-20-17(19)14-4-6-16-13(11-14)3-5-15(16)12-7-9-18-10-8-12;/h3-7,9-12,16H,2,8,13-15,17H2,1H3;4-6,11-12,18H,2-3,7-10H2,1H3;. The molecule has 249 valence electrons. The van der Waals surface area contributed by atoms with Crippen molar-refractivity contribution < 1.29 is 37.6 Å². The van der Waals surface area contributed by atoms with Gasteiger partial charge < -0.3 is 14.8 Å². The normalized spacial score (nSPS) is 17.0. The van der Waals surface area contributed by atoms with Crippen LogP contribution in [0.4, 0.5) is 0 Å². The number of carbonyl (C=O) groups excluding carboxylic acids is 2. The zero-order valence-electron chi connectivity index (χ0n) is 28.2. The summed E-state index contributed by atoms with van der Waals surface area (Å²) < 4.78 is 10.2. The molecule has 3 aromatic rings. The number of carbonyl (C=O) groups is 2. The number of fused-ring (bicyclic) bond motifs is 2. The molecule has 7 heteroatoms. The van der Waals surface area contributed by atoms with Crippen LogP contribution in [0.3, 0.4) is 0 Å². The maximum absolute atomic E-state index is 12.0. The van der Waals surface area contributed by atoms with Gasteiger partial charge in [0.2, 0.25) is 0 Å². The summed E-state index contributed by atoms with van der Waals surface area (Å²) in [7, 11) is 0. The molecule has 0 aromatic heterocycles. The van der Waals surface area contributed by atoms with Crippen molar-refractivity contribution in [1.82, 2.24) is 10.2 Å². The van der Waals surface area contributed by atoms with Gasteiger partial charge in [0.1, 0.15) is 0 Å². The van der Waals surface area contributed by atoms with E-state index in [-0.39, 0.29) is 30.5 Å². The fraction of sp³-hybridized carbons (Fsp3) is 0.366. The number of allylic oxidation sites excluding steroid dienone is 4. The van der Waals surface area contributed by atoms with Crippen molar-refractivity contribution in [2.75, 3.05) is 39.4 Å². The maximum Gasteiger partial charge on any atom is 0.338 e. The zero-order chi connectivity index (χ0) is 32.6.